The van der Waals surface area contributed by atoms with Crippen molar-refractivity contribution in [3.63, 3.8) is 0 Å². The highest BCUT2D eigenvalue weighted by molar-refractivity contribution is 7.98. The van der Waals surface area contributed by atoms with Crippen LogP contribution in [0.3, 0.4) is 0 Å². The van der Waals surface area contributed by atoms with Crippen LogP contribution in [-0.2, 0) is 4.79 Å². The fourth-order valence-corrected chi connectivity index (χ4v) is 0.931. The standard InChI is InChI=1S/C6H12N2OS2/c1-11-3-2-6(9)8-4-5(7)10/h2-4H2,1H3,(H2,7,10)(H,8,9). The zero-order valence-electron chi connectivity index (χ0n) is 6.42. The minimum Gasteiger partial charge on any atom is -0.392 e. The van der Waals surface area contributed by atoms with Crippen molar-refractivity contribution in [2.75, 3.05) is 18.6 Å². The molecular formula is C6H12N2OS2. The van der Waals surface area contributed by atoms with Crippen molar-refractivity contribution in [1.82, 2.24) is 5.32 Å². The molecule has 0 aromatic heterocycles. The van der Waals surface area contributed by atoms with Crippen LogP contribution in [0.4, 0.5) is 0 Å². The molecule has 0 saturated carbocycles. The molecule has 5 heteroatoms. The van der Waals surface area contributed by atoms with E-state index in [1.54, 1.807) is 11.8 Å². The van der Waals surface area contributed by atoms with Gasteiger partial charge in [-0.05, 0) is 6.26 Å². The van der Waals surface area contributed by atoms with Crippen molar-refractivity contribution in [3.05, 3.63) is 0 Å². The van der Waals surface area contributed by atoms with Crippen LogP contribution in [-0.4, -0.2) is 29.4 Å². The third-order valence-corrected chi connectivity index (χ3v) is 1.75. The maximum absolute atomic E-state index is 10.9. The second kappa shape index (κ2) is 6.42. The van der Waals surface area contributed by atoms with E-state index in [0.29, 0.717) is 18.0 Å². The summed E-state index contributed by atoms with van der Waals surface area (Å²) in [7, 11) is 0. The number of hydrogen-bond donors (Lipinski definition) is 2. The van der Waals surface area contributed by atoms with E-state index in [2.05, 4.69) is 17.5 Å². The molecule has 0 aliphatic rings. The third kappa shape index (κ3) is 7.61. The van der Waals surface area contributed by atoms with Crippen LogP contribution < -0.4 is 11.1 Å². The van der Waals surface area contributed by atoms with Gasteiger partial charge in [-0.1, -0.05) is 12.2 Å². The number of thiocarbonyl (C=S) groups is 1. The van der Waals surface area contributed by atoms with E-state index < -0.39 is 0 Å². The maximum atomic E-state index is 10.9. The fourth-order valence-electron chi connectivity index (χ4n) is 0.469. The molecule has 64 valence electrons. The SMILES string of the molecule is CSCCC(=O)NCC(N)=S. The van der Waals surface area contributed by atoms with Gasteiger partial charge in [-0.2, -0.15) is 11.8 Å². The van der Waals surface area contributed by atoms with Crippen LogP contribution in [0.25, 0.3) is 0 Å². The Bertz CT molecular complexity index is 150. The molecule has 0 saturated heterocycles. The molecule has 3 nitrogen and oxygen atoms in total. The average molecular weight is 192 g/mol. The van der Waals surface area contributed by atoms with Gasteiger partial charge in [0.05, 0.1) is 11.5 Å². The monoisotopic (exact) mass is 192 g/mol. The summed E-state index contributed by atoms with van der Waals surface area (Å²) in [6.45, 7) is 0.308. The number of amides is 1. The van der Waals surface area contributed by atoms with Crippen LogP contribution in [0, 0.1) is 0 Å². The summed E-state index contributed by atoms with van der Waals surface area (Å²) in [5.41, 5.74) is 5.18. The van der Waals surface area contributed by atoms with Crippen LogP contribution >= 0.6 is 24.0 Å². The molecule has 1 amide bonds. The molecule has 0 rings (SSSR count). The van der Waals surface area contributed by atoms with Gasteiger partial charge < -0.3 is 11.1 Å². The van der Waals surface area contributed by atoms with E-state index in [4.69, 9.17) is 5.73 Å². The van der Waals surface area contributed by atoms with Crippen LogP contribution in [0.1, 0.15) is 6.42 Å². The smallest absolute Gasteiger partial charge is 0.221 e. The largest absolute Gasteiger partial charge is 0.392 e. The number of carbonyl (C=O) groups excluding carboxylic acids is 1. The van der Waals surface area contributed by atoms with Gasteiger partial charge in [0.25, 0.3) is 0 Å². The topological polar surface area (TPSA) is 55.1 Å². The highest BCUT2D eigenvalue weighted by Gasteiger charge is 1.98. The van der Waals surface area contributed by atoms with E-state index in [0.717, 1.165) is 5.75 Å². The number of hydrogen-bond acceptors (Lipinski definition) is 3. The third-order valence-electron chi connectivity index (χ3n) is 0.993. The number of carbonyl (C=O) groups is 1. The van der Waals surface area contributed by atoms with Crippen molar-refractivity contribution in [2.45, 2.75) is 6.42 Å². The van der Waals surface area contributed by atoms with Gasteiger partial charge in [-0.15, -0.1) is 0 Å². The zero-order chi connectivity index (χ0) is 8.69. The molecule has 0 heterocycles. The quantitative estimate of drug-likeness (QED) is 0.609. The van der Waals surface area contributed by atoms with Gasteiger partial charge in [0.2, 0.25) is 5.91 Å². The molecule has 0 spiro atoms. The lowest BCUT2D eigenvalue weighted by Gasteiger charge is -2.01. The predicted molar refractivity (Wildman–Crippen MR) is 52.8 cm³/mol. The van der Waals surface area contributed by atoms with E-state index >= 15 is 0 Å². The highest BCUT2D eigenvalue weighted by atomic mass is 32.2. The van der Waals surface area contributed by atoms with Gasteiger partial charge in [-0.3, -0.25) is 4.79 Å². The minimum atomic E-state index is 0.00662. The molecule has 11 heavy (non-hydrogen) atoms. The van der Waals surface area contributed by atoms with Crippen molar-refractivity contribution < 1.29 is 4.79 Å². The summed E-state index contributed by atoms with van der Waals surface area (Å²) >= 11 is 6.22. The summed E-state index contributed by atoms with van der Waals surface area (Å²) in [5.74, 6) is 0.843. The van der Waals surface area contributed by atoms with Gasteiger partial charge in [0, 0.05) is 12.2 Å². The Morgan fingerprint density at radius 2 is 2.36 bits per heavy atom. The zero-order valence-corrected chi connectivity index (χ0v) is 8.06. The Hall–Kier alpha value is -0.290. The van der Waals surface area contributed by atoms with Crippen LogP contribution in [0.15, 0.2) is 0 Å². The van der Waals surface area contributed by atoms with E-state index in [-0.39, 0.29) is 5.91 Å². The Kier molecular flexibility index (Phi) is 6.25. The van der Waals surface area contributed by atoms with E-state index in [1.807, 2.05) is 6.26 Å². The first-order valence-corrected chi connectivity index (χ1v) is 5.01. The maximum Gasteiger partial charge on any atom is 0.221 e. The average Bonchev–Trinajstić information content (AvgIpc) is 1.97. The first-order valence-electron chi connectivity index (χ1n) is 3.20. The van der Waals surface area contributed by atoms with Crippen molar-refractivity contribution in [3.8, 4) is 0 Å². The molecule has 0 atom stereocenters. The molecular weight excluding hydrogens is 180 g/mol. The van der Waals surface area contributed by atoms with Crippen molar-refractivity contribution >= 4 is 34.9 Å². The Balaban J connectivity index is 3.30. The molecule has 0 aliphatic heterocycles. The first-order chi connectivity index (χ1) is 5.16. The first kappa shape index (κ1) is 10.7. The predicted octanol–water partition coefficient (Wildman–Crippen LogP) is 0.142. The second-order valence-corrected chi connectivity index (χ2v) is 3.50. The van der Waals surface area contributed by atoms with E-state index in [9.17, 15) is 4.79 Å². The molecule has 0 radical (unpaired) electrons. The lowest BCUT2D eigenvalue weighted by molar-refractivity contribution is -0.120. The Morgan fingerprint density at radius 3 is 2.82 bits per heavy atom. The number of nitrogens with two attached hydrogens (primary N) is 1. The van der Waals surface area contributed by atoms with Crippen molar-refractivity contribution in [2.24, 2.45) is 5.73 Å². The number of rotatable bonds is 5. The molecule has 0 unspecified atom stereocenters. The fraction of sp³-hybridized carbons (Fsp3) is 0.667. The van der Waals surface area contributed by atoms with Gasteiger partial charge in [0.15, 0.2) is 0 Å². The summed E-state index contributed by atoms with van der Waals surface area (Å²) in [6, 6.07) is 0. The summed E-state index contributed by atoms with van der Waals surface area (Å²) in [4.78, 5) is 11.2. The number of nitrogens with one attached hydrogen (secondary N) is 1. The lowest BCUT2D eigenvalue weighted by atomic mass is 10.4. The molecule has 0 aliphatic carbocycles. The van der Waals surface area contributed by atoms with Gasteiger partial charge >= 0.3 is 0 Å². The molecule has 3 N–H and O–H groups in total. The summed E-state index contributed by atoms with van der Waals surface area (Å²) < 4.78 is 0. The number of thioether (sulfide) groups is 1. The Morgan fingerprint density at radius 1 is 1.73 bits per heavy atom. The van der Waals surface area contributed by atoms with Crippen molar-refractivity contribution in [1.29, 1.82) is 0 Å². The highest BCUT2D eigenvalue weighted by Crippen LogP contribution is 1.94. The van der Waals surface area contributed by atoms with Crippen LogP contribution in [0.2, 0.25) is 0 Å². The molecule has 0 aromatic carbocycles. The molecule has 0 aromatic rings. The molecule has 0 fully saturated rings. The van der Waals surface area contributed by atoms with E-state index in [1.165, 1.54) is 0 Å². The summed E-state index contributed by atoms with van der Waals surface area (Å²) in [6.07, 6.45) is 2.49. The minimum absolute atomic E-state index is 0.00662. The van der Waals surface area contributed by atoms with Crippen LogP contribution in [0.5, 0.6) is 0 Å². The Labute approximate surface area is 76.1 Å². The van der Waals surface area contributed by atoms with Gasteiger partial charge in [-0.25, -0.2) is 0 Å². The molecule has 0 bridgehead atoms. The summed E-state index contributed by atoms with van der Waals surface area (Å²) in [5, 5.41) is 2.60. The normalized spacial score (nSPS) is 9.18. The van der Waals surface area contributed by atoms with Gasteiger partial charge in [0.1, 0.15) is 0 Å². The second-order valence-electron chi connectivity index (χ2n) is 1.99. The lowest BCUT2D eigenvalue weighted by Crippen LogP contribution is -2.32.